The molecule has 0 spiro atoms. The predicted molar refractivity (Wildman–Crippen MR) is 80.5 cm³/mol. The SMILES string of the molecule is CCCC(C(=N)CCC(C)(C)C)c1ccc(F)cc1. The van der Waals surface area contributed by atoms with Crippen molar-refractivity contribution in [2.45, 2.75) is 59.3 Å². The first-order chi connectivity index (χ1) is 8.83. The smallest absolute Gasteiger partial charge is 0.123 e. The standard InChI is InChI=1S/C17H26FN/c1-5-6-15(13-7-9-14(18)10-8-13)16(19)11-12-17(2,3)4/h7-10,15,19H,5-6,11-12H2,1-4H3. The van der Waals surface area contributed by atoms with Crippen LogP contribution >= 0.6 is 0 Å². The van der Waals surface area contributed by atoms with Gasteiger partial charge < -0.3 is 5.41 Å². The Morgan fingerprint density at radius 1 is 1.21 bits per heavy atom. The maximum Gasteiger partial charge on any atom is 0.123 e. The normalized spacial score (nSPS) is 13.3. The number of hydrogen-bond acceptors (Lipinski definition) is 1. The van der Waals surface area contributed by atoms with Crippen molar-refractivity contribution in [3.05, 3.63) is 35.6 Å². The summed E-state index contributed by atoms with van der Waals surface area (Å²) < 4.78 is 13.0. The van der Waals surface area contributed by atoms with Gasteiger partial charge in [-0.2, -0.15) is 0 Å². The van der Waals surface area contributed by atoms with E-state index in [0.717, 1.165) is 37.0 Å². The highest BCUT2D eigenvalue weighted by atomic mass is 19.1. The zero-order valence-corrected chi connectivity index (χ0v) is 12.6. The highest BCUT2D eigenvalue weighted by Crippen LogP contribution is 2.28. The van der Waals surface area contributed by atoms with Gasteiger partial charge in [0.15, 0.2) is 0 Å². The summed E-state index contributed by atoms with van der Waals surface area (Å²) in [7, 11) is 0. The van der Waals surface area contributed by atoms with Crippen LogP contribution < -0.4 is 0 Å². The molecule has 1 aromatic carbocycles. The minimum absolute atomic E-state index is 0.146. The van der Waals surface area contributed by atoms with Crippen LogP contribution in [0.15, 0.2) is 24.3 Å². The van der Waals surface area contributed by atoms with E-state index in [2.05, 4.69) is 27.7 Å². The van der Waals surface area contributed by atoms with Gasteiger partial charge in [-0.1, -0.05) is 46.2 Å². The van der Waals surface area contributed by atoms with E-state index in [9.17, 15) is 4.39 Å². The molecule has 0 fully saturated rings. The number of nitrogens with one attached hydrogen (secondary N) is 1. The van der Waals surface area contributed by atoms with Crippen molar-refractivity contribution in [2.24, 2.45) is 5.41 Å². The van der Waals surface area contributed by atoms with Gasteiger partial charge in [0.05, 0.1) is 0 Å². The molecule has 106 valence electrons. The summed E-state index contributed by atoms with van der Waals surface area (Å²) in [5, 5.41) is 8.33. The van der Waals surface area contributed by atoms with E-state index in [1.165, 1.54) is 12.1 Å². The summed E-state index contributed by atoms with van der Waals surface area (Å²) in [6, 6.07) is 6.63. The van der Waals surface area contributed by atoms with Crippen molar-refractivity contribution in [2.75, 3.05) is 0 Å². The van der Waals surface area contributed by atoms with Gasteiger partial charge >= 0.3 is 0 Å². The molecule has 0 saturated carbocycles. The van der Waals surface area contributed by atoms with Gasteiger partial charge in [0.25, 0.3) is 0 Å². The lowest BCUT2D eigenvalue weighted by Gasteiger charge is -2.22. The fraction of sp³-hybridized carbons (Fsp3) is 0.588. The Bertz CT molecular complexity index is 400. The van der Waals surface area contributed by atoms with Crippen LogP contribution in [0.5, 0.6) is 0 Å². The van der Waals surface area contributed by atoms with Crippen molar-refractivity contribution >= 4 is 5.71 Å². The van der Waals surface area contributed by atoms with Gasteiger partial charge in [-0.15, -0.1) is 0 Å². The summed E-state index contributed by atoms with van der Waals surface area (Å²) in [5.41, 5.74) is 2.11. The van der Waals surface area contributed by atoms with Gasteiger partial charge in [0.2, 0.25) is 0 Å². The second kappa shape index (κ2) is 6.83. The summed E-state index contributed by atoms with van der Waals surface area (Å²) in [6.07, 6.45) is 3.85. The van der Waals surface area contributed by atoms with E-state index in [-0.39, 0.29) is 17.2 Å². The average Bonchev–Trinajstić information content (AvgIpc) is 2.33. The molecule has 2 heteroatoms. The lowest BCUT2D eigenvalue weighted by atomic mass is 9.83. The molecule has 0 amide bonds. The first-order valence-electron chi connectivity index (χ1n) is 7.16. The van der Waals surface area contributed by atoms with Gasteiger partial charge in [-0.25, -0.2) is 4.39 Å². The summed E-state index contributed by atoms with van der Waals surface area (Å²) in [5.74, 6) is -0.0619. The minimum Gasteiger partial charge on any atom is -0.309 e. The van der Waals surface area contributed by atoms with Crippen molar-refractivity contribution in [3.8, 4) is 0 Å². The maximum absolute atomic E-state index is 13.0. The maximum atomic E-state index is 13.0. The first-order valence-corrected chi connectivity index (χ1v) is 7.16. The molecular formula is C17H26FN. The van der Waals surface area contributed by atoms with E-state index in [4.69, 9.17) is 5.41 Å². The number of halogens is 1. The van der Waals surface area contributed by atoms with Crippen molar-refractivity contribution in [1.82, 2.24) is 0 Å². The highest BCUT2D eigenvalue weighted by Gasteiger charge is 2.19. The lowest BCUT2D eigenvalue weighted by Crippen LogP contribution is -2.15. The molecule has 19 heavy (non-hydrogen) atoms. The van der Waals surface area contributed by atoms with Gasteiger partial charge in [-0.05, 0) is 42.4 Å². The Morgan fingerprint density at radius 3 is 2.26 bits per heavy atom. The molecule has 0 aliphatic rings. The van der Waals surface area contributed by atoms with Gasteiger partial charge in [0, 0.05) is 11.6 Å². The Kier molecular flexibility index (Phi) is 5.71. The molecule has 1 atom stereocenters. The Balaban J connectivity index is 2.76. The Hall–Kier alpha value is -1.18. The van der Waals surface area contributed by atoms with E-state index in [1.54, 1.807) is 0 Å². The fourth-order valence-electron chi connectivity index (χ4n) is 2.21. The zero-order valence-electron chi connectivity index (χ0n) is 12.6. The number of rotatable bonds is 6. The predicted octanol–water partition coefficient (Wildman–Crippen LogP) is 5.56. The molecule has 0 saturated heterocycles. The number of hydrogen-bond donors (Lipinski definition) is 1. The third kappa shape index (κ3) is 5.54. The van der Waals surface area contributed by atoms with Crippen molar-refractivity contribution < 1.29 is 4.39 Å². The molecule has 1 N–H and O–H groups in total. The Labute approximate surface area is 116 Å². The molecule has 1 nitrogen and oxygen atoms in total. The molecule has 0 heterocycles. The zero-order chi connectivity index (χ0) is 14.5. The first kappa shape index (κ1) is 15.9. The van der Waals surface area contributed by atoms with Crippen molar-refractivity contribution in [3.63, 3.8) is 0 Å². The van der Waals surface area contributed by atoms with Crippen LogP contribution in [0.2, 0.25) is 0 Å². The second-order valence-corrected chi connectivity index (χ2v) is 6.48. The van der Waals surface area contributed by atoms with E-state index in [1.807, 2.05) is 12.1 Å². The minimum atomic E-state index is -0.208. The van der Waals surface area contributed by atoms with Crippen LogP contribution in [0.1, 0.15) is 64.9 Å². The van der Waals surface area contributed by atoms with Crippen LogP contribution in [0.3, 0.4) is 0 Å². The molecule has 0 aromatic heterocycles. The Morgan fingerprint density at radius 2 is 1.79 bits per heavy atom. The third-order valence-electron chi connectivity index (χ3n) is 3.41. The average molecular weight is 263 g/mol. The van der Waals surface area contributed by atoms with E-state index in [0.29, 0.717) is 0 Å². The fourth-order valence-corrected chi connectivity index (χ4v) is 2.21. The molecule has 1 rings (SSSR count). The van der Waals surface area contributed by atoms with Gasteiger partial charge in [-0.3, -0.25) is 0 Å². The third-order valence-corrected chi connectivity index (χ3v) is 3.41. The summed E-state index contributed by atoms with van der Waals surface area (Å²) in [6.45, 7) is 8.74. The summed E-state index contributed by atoms with van der Waals surface area (Å²) in [4.78, 5) is 0. The molecule has 0 aliphatic carbocycles. The largest absolute Gasteiger partial charge is 0.309 e. The molecule has 1 aromatic rings. The summed E-state index contributed by atoms with van der Waals surface area (Å²) >= 11 is 0. The molecule has 1 unspecified atom stereocenters. The van der Waals surface area contributed by atoms with Crippen LogP contribution in [0.25, 0.3) is 0 Å². The topological polar surface area (TPSA) is 23.9 Å². The quantitative estimate of drug-likeness (QED) is 0.650. The van der Waals surface area contributed by atoms with Crippen molar-refractivity contribution in [1.29, 1.82) is 5.41 Å². The highest BCUT2D eigenvalue weighted by molar-refractivity contribution is 5.88. The van der Waals surface area contributed by atoms with Crippen LogP contribution in [-0.2, 0) is 0 Å². The van der Waals surface area contributed by atoms with E-state index < -0.39 is 0 Å². The molecule has 0 aliphatic heterocycles. The molecule has 0 radical (unpaired) electrons. The van der Waals surface area contributed by atoms with E-state index >= 15 is 0 Å². The lowest BCUT2D eigenvalue weighted by molar-refractivity contribution is 0.384. The monoisotopic (exact) mass is 263 g/mol. The van der Waals surface area contributed by atoms with Crippen LogP contribution in [-0.4, -0.2) is 5.71 Å². The van der Waals surface area contributed by atoms with Gasteiger partial charge in [0.1, 0.15) is 5.82 Å². The number of benzene rings is 1. The molecule has 0 bridgehead atoms. The molecular weight excluding hydrogens is 237 g/mol. The van der Waals surface area contributed by atoms with Crippen LogP contribution in [0, 0.1) is 16.6 Å². The van der Waals surface area contributed by atoms with Crippen LogP contribution in [0.4, 0.5) is 4.39 Å². The second-order valence-electron chi connectivity index (χ2n) is 6.48.